The van der Waals surface area contributed by atoms with Gasteiger partial charge in [-0.05, 0) is 49.7 Å². The third-order valence-electron chi connectivity index (χ3n) is 4.42. The SMILES string of the molecule is CC(N)Cc1cccc2c1N(CC1CCC1)CC2. The molecule has 2 N–H and O–H groups in total. The Morgan fingerprint density at radius 1 is 1.39 bits per heavy atom. The van der Waals surface area contributed by atoms with Gasteiger partial charge in [0.1, 0.15) is 0 Å². The molecule has 0 amide bonds. The lowest BCUT2D eigenvalue weighted by molar-refractivity contribution is 0.319. The molecule has 1 aromatic carbocycles. The maximum Gasteiger partial charge on any atom is 0.0432 e. The average molecular weight is 244 g/mol. The average Bonchev–Trinajstić information content (AvgIpc) is 2.67. The van der Waals surface area contributed by atoms with Crippen molar-refractivity contribution in [3.05, 3.63) is 29.3 Å². The molecule has 2 heteroatoms. The molecule has 1 fully saturated rings. The van der Waals surface area contributed by atoms with Gasteiger partial charge in [0.2, 0.25) is 0 Å². The minimum atomic E-state index is 0.252. The molecule has 98 valence electrons. The highest BCUT2D eigenvalue weighted by Gasteiger charge is 2.27. The summed E-state index contributed by atoms with van der Waals surface area (Å²) < 4.78 is 0. The second-order valence-corrected chi connectivity index (χ2v) is 6.10. The first-order valence-electron chi connectivity index (χ1n) is 7.35. The van der Waals surface area contributed by atoms with E-state index in [0.717, 1.165) is 12.3 Å². The van der Waals surface area contributed by atoms with E-state index >= 15 is 0 Å². The topological polar surface area (TPSA) is 29.3 Å². The first kappa shape index (κ1) is 12.0. The van der Waals surface area contributed by atoms with Crippen LogP contribution in [0.2, 0.25) is 0 Å². The van der Waals surface area contributed by atoms with Crippen LogP contribution >= 0.6 is 0 Å². The molecule has 1 aliphatic heterocycles. The molecule has 0 radical (unpaired) electrons. The highest BCUT2D eigenvalue weighted by atomic mass is 15.2. The van der Waals surface area contributed by atoms with Gasteiger partial charge in [-0.3, -0.25) is 0 Å². The Kier molecular flexibility index (Phi) is 3.29. The van der Waals surface area contributed by atoms with Crippen LogP contribution in [-0.4, -0.2) is 19.1 Å². The van der Waals surface area contributed by atoms with Gasteiger partial charge >= 0.3 is 0 Å². The summed E-state index contributed by atoms with van der Waals surface area (Å²) in [7, 11) is 0. The zero-order valence-corrected chi connectivity index (χ0v) is 11.4. The highest BCUT2D eigenvalue weighted by molar-refractivity contribution is 5.63. The second-order valence-electron chi connectivity index (χ2n) is 6.10. The van der Waals surface area contributed by atoms with E-state index < -0.39 is 0 Å². The van der Waals surface area contributed by atoms with Crippen LogP contribution in [0.5, 0.6) is 0 Å². The van der Waals surface area contributed by atoms with Gasteiger partial charge < -0.3 is 10.6 Å². The summed E-state index contributed by atoms with van der Waals surface area (Å²) >= 11 is 0. The third-order valence-corrected chi connectivity index (χ3v) is 4.42. The zero-order valence-electron chi connectivity index (χ0n) is 11.4. The lowest BCUT2D eigenvalue weighted by Gasteiger charge is -2.32. The van der Waals surface area contributed by atoms with Crippen molar-refractivity contribution in [2.75, 3.05) is 18.0 Å². The maximum atomic E-state index is 5.98. The van der Waals surface area contributed by atoms with Crippen LogP contribution in [0.1, 0.15) is 37.3 Å². The molecule has 1 aliphatic carbocycles. The molecule has 1 aromatic rings. The fraction of sp³-hybridized carbons (Fsp3) is 0.625. The Bertz CT molecular complexity index is 421. The van der Waals surface area contributed by atoms with Crippen molar-refractivity contribution in [3.8, 4) is 0 Å². The second kappa shape index (κ2) is 4.93. The molecule has 1 atom stereocenters. The molecule has 0 aromatic heterocycles. The van der Waals surface area contributed by atoms with Crippen LogP contribution < -0.4 is 10.6 Å². The van der Waals surface area contributed by atoms with Crippen molar-refractivity contribution in [1.29, 1.82) is 0 Å². The minimum Gasteiger partial charge on any atom is -0.370 e. The highest BCUT2D eigenvalue weighted by Crippen LogP contribution is 2.36. The Morgan fingerprint density at radius 2 is 2.22 bits per heavy atom. The van der Waals surface area contributed by atoms with Gasteiger partial charge in [-0.15, -0.1) is 0 Å². The molecular formula is C16H24N2. The lowest BCUT2D eigenvalue weighted by atomic mass is 9.85. The fourth-order valence-corrected chi connectivity index (χ4v) is 3.30. The van der Waals surface area contributed by atoms with Crippen LogP contribution in [-0.2, 0) is 12.8 Å². The standard InChI is InChI=1S/C16H24N2/c1-12(17)10-15-7-3-6-14-8-9-18(16(14)15)11-13-4-2-5-13/h3,6-7,12-13H,2,4-5,8-11,17H2,1H3. The van der Waals surface area contributed by atoms with Crippen molar-refractivity contribution in [2.45, 2.75) is 45.1 Å². The number of benzene rings is 1. The normalized spacial score (nSPS) is 20.7. The Hall–Kier alpha value is -1.02. The van der Waals surface area contributed by atoms with Crippen LogP contribution in [0.15, 0.2) is 18.2 Å². The first-order valence-corrected chi connectivity index (χ1v) is 7.35. The van der Waals surface area contributed by atoms with Crippen molar-refractivity contribution in [2.24, 2.45) is 11.7 Å². The maximum absolute atomic E-state index is 5.98. The van der Waals surface area contributed by atoms with Crippen LogP contribution in [0.3, 0.4) is 0 Å². The smallest absolute Gasteiger partial charge is 0.0432 e. The third kappa shape index (κ3) is 2.26. The summed E-state index contributed by atoms with van der Waals surface area (Å²) in [5.74, 6) is 0.944. The van der Waals surface area contributed by atoms with Gasteiger partial charge in [-0.1, -0.05) is 24.6 Å². The summed E-state index contributed by atoms with van der Waals surface area (Å²) in [5, 5.41) is 0. The predicted molar refractivity (Wildman–Crippen MR) is 77.1 cm³/mol. The number of nitrogens with two attached hydrogens (primary N) is 1. The van der Waals surface area contributed by atoms with Crippen LogP contribution in [0, 0.1) is 5.92 Å². The number of hydrogen-bond acceptors (Lipinski definition) is 2. The van der Waals surface area contributed by atoms with E-state index in [9.17, 15) is 0 Å². The molecule has 0 saturated heterocycles. The number of fused-ring (bicyclic) bond motifs is 1. The van der Waals surface area contributed by atoms with Crippen LogP contribution in [0.25, 0.3) is 0 Å². The van der Waals surface area contributed by atoms with E-state index in [4.69, 9.17) is 5.73 Å². The van der Waals surface area contributed by atoms with Gasteiger partial charge in [0.25, 0.3) is 0 Å². The van der Waals surface area contributed by atoms with Gasteiger partial charge in [0.15, 0.2) is 0 Å². The van der Waals surface area contributed by atoms with Crippen molar-refractivity contribution in [1.82, 2.24) is 0 Å². The van der Waals surface area contributed by atoms with E-state index in [1.807, 2.05) is 0 Å². The van der Waals surface area contributed by atoms with E-state index in [1.54, 1.807) is 0 Å². The molecule has 2 nitrogen and oxygen atoms in total. The van der Waals surface area contributed by atoms with Crippen molar-refractivity contribution in [3.63, 3.8) is 0 Å². The molecular weight excluding hydrogens is 220 g/mol. The summed E-state index contributed by atoms with van der Waals surface area (Å²) in [6.45, 7) is 4.58. The van der Waals surface area contributed by atoms with Crippen molar-refractivity contribution < 1.29 is 0 Å². The lowest BCUT2D eigenvalue weighted by Crippen LogP contribution is -2.32. The Labute approximate surface area is 110 Å². The molecule has 1 heterocycles. The van der Waals surface area contributed by atoms with E-state index in [-0.39, 0.29) is 6.04 Å². The largest absolute Gasteiger partial charge is 0.370 e. The number of nitrogens with zero attached hydrogens (tertiary/aromatic N) is 1. The summed E-state index contributed by atoms with van der Waals surface area (Å²) in [4.78, 5) is 2.62. The number of anilines is 1. The molecule has 0 bridgehead atoms. The Balaban J connectivity index is 1.82. The zero-order chi connectivity index (χ0) is 12.5. The molecule has 2 aliphatic rings. The number of rotatable bonds is 4. The summed E-state index contributed by atoms with van der Waals surface area (Å²) in [6.07, 6.45) is 6.52. The quantitative estimate of drug-likeness (QED) is 0.882. The molecule has 1 unspecified atom stereocenters. The molecule has 0 spiro atoms. The Morgan fingerprint density at radius 3 is 2.89 bits per heavy atom. The monoisotopic (exact) mass is 244 g/mol. The number of hydrogen-bond donors (Lipinski definition) is 1. The van der Waals surface area contributed by atoms with Crippen LogP contribution in [0.4, 0.5) is 5.69 Å². The van der Waals surface area contributed by atoms with Gasteiger partial charge in [-0.2, -0.15) is 0 Å². The predicted octanol–water partition coefficient (Wildman–Crippen LogP) is 2.74. The summed E-state index contributed by atoms with van der Waals surface area (Å²) in [6, 6.07) is 7.01. The van der Waals surface area contributed by atoms with E-state index in [0.29, 0.717) is 0 Å². The molecule has 3 rings (SSSR count). The minimum absolute atomic E-state index is 0.252. The van der Waals surface area contributed by atoms with E-state index in [1.165, 1.54) is 55.6 Å². The van der Waals surface area contributed by atoms with Gasteiger partial charge in [0.05, 0.1) is 0 Å². The van der Waals surface area contributed by atoms with Gasteiger partial charge in [0, 0.05) is 24.8 Å². The first-order chi connectivity index (χ1) is 8.74. The fourth-order valence-electron chi connectivity index (χ4n) is 3.30. The molecule has 1 saturated carbocycles. The van der Waals surface area contributed by atoms with Crippen molar-refractivity contribution >= 4 is 5.69 Å². The van der Waals surface area contributed by atoms with Gasteiger partial charge in [-0.25, -0.2) is 0 Å². The number of para-hydroxylation sites is 1. The van der Waals surface area contributed by atoms with E-state index in [2.05, 4.69) is 30.0 Å². The summed E-state index contributed by atoms with van der Waals surface area (Å²) in [5.41, 5.74) is 10.5. The molecule has 18 heavy (non-hydrogen) atoms.